The summed E-state index contributed by atoms with van der Waals surface area (Å²) >= 11 is 0. The van der Waals surface area contributed by atoms with Gasteiger partial charge in [0.25, 0.3) is 5.91 Å². The summed E-state index contributed by atoms with van der Waals surface area (Å²) in [4.78, 5) is 11.3. The minimum absolute atomic E-state index is 0.0412. The van der Waals surface area contributed by atoms with Crippen LogP contribution in [0.15, 0.2) is 30.3 Å². The van der Waals surface area contributed by atoms with Crippen molar-refractivity contribution in [3.63, 3.8) is 0 Å². The molecule has 0 aliphatic heterocycles. The van der Waals surface area contributed by atoms with E-state index in [9.17, 15) is 9.18 Å². The molecule has 2 aromatic rings. The normalized spacial score (nSPS) is 13.0. The van der Waals surface area contributed by atoms with Crippen molar-refractivity contribution < 1.29 is 9.18 Å². The number of halogens is 1. The Bertz CT molecular complexity index is 728. The Balaban J connectivity index is 1.94. The molecule has 2 aromatic carbocycles. The number of nitrogens with two attached hydrogens (primary N) is 2. The van der Waals surface area contributed by atoms with Crippen molar-refractivity contribution >= 4 is 23.0 Å². The maximum Gasteiger partial charge on any atom is 0.250 e. The van der Waals surface area contributed by atoms with Crippen LogP contribution in [0, 0.1) is 5.82 Å². The fraction of sp³-hybridized carbons (Fsp3) is 0.188. The van der Waals surface area contributed by atoms with Crippen molar-refractivity contribution in [1.29, 1.82) is 0 Å². The highest BCUT2D eigenvalue weighted by Crippen LogP contribution is 2.29. The van der Waals surface area contributed by atoms with Crippen LogP contribution in [-0.4, -0.2) is 5.91 Å². The molecule has 0 atom stereocenters. The molecular weight excluding hydrogens is 269 g/mol. The topological polar surface area (TPSA) is 81.1 Å². The fourth-order valence-corrected chi connectivity index (χ4v) is 2.70. The molecule has 0 saturated carbocycles. The lowest BCUT2D eigenvalue weighted by Crippen LogP contribution is -2.14. The molecule has 0 heterocycles. The van der Waals surface area contributed by atoms with E-state index in [2.05, 4.69) is 11.4 Å². The molecule has 0 bridgehead atoms. The Hall–Kier alpha value is -2.56. The van der Waals surface area contributed by atoms with Gasteiger partial charge in [0, 0.05) is 11.4 Å². The van der Waals surface area contributed by atoms with Gasteiger partial charge in [-0.15, -0.1) is 0 Å². The highest BCUT2D eigenvalue weighted by molar-refractivity contribution is 5.99. The number of nitrogens with one attached hydrogen (secondary N) is 1. The van der Waals surface area contributed by atoms with Gasteiger partial charge in [0.05, 0.1) is 11.3 Å². The molecule has 0 spiro atoms. The summed E-state index contributed by atoms with van der Waals surface area (Å²) in [5, 5.41) is 2.99. The van der Waals surface area contributed by atoms with E-state index in [4.69, 9.17) is 11.5 Å². The first kappa shape index (κ1) is 13.4. The molecule has 5 N–H and O–H groups in total. The van der Waals surface area contributed by atoms with Gasteiger partial charge in [0.15, 0.2) is 0 Å². The Labute approximate surface area is 121 Å². The number of nitrogen functional groups attached to an aromatic ring is 1. The van der Waals surface area contributed by atoms with Gasteiger partial charge in [-0.2, -0.15) is 0 Å². The number of carbonyl (C=O) groups excluding carboxylic acids is 1. The molecule has 0 aromatic heterocycles. The molecule has 1 aliphatic carbocycles. The summed E-state index contributed by atoms with van der Waals surface area (Å²) in [6, 6.07) is 8.43. The predicted octanol–water partition coefficient (Wildman–Crippen LogP) is 2.74. The van der Waals surface area contributed by atoms with Crippen LogP contribution in [-0.2, 0) is 12.8 Å². The number of hydrogen-bond donors (Lipinski definition) is 3. The maximum absolute atomic E-state index is 14.0. The van der Waals surface area contributed by atoms with Crippen LogP contribution in [0.3, 0.4) is 0 Å². The lowest BCUT2D eigenvalue weighted by Gasteiger charge is -2.12. The summed E-state index contributed by atoms with van der Waals surface area (Å²) in [5.74, 6) is -1.19. The summed E-state index contributed by atoms with van der Waals surface area (Å²) in [6.07, 6.45) is 3.29. The summed E-state index contributed by atoms with van der Waals surface area (Å²) in [7, 11) is 0. The molecule has 21 heavy (non-hydrogen) atoms. The molecule has 0 unspecified atom stereocenters. The fourth-order valence-electron chi connectivity index (χ4n) is 2.70. The smallest absolute Gasteiger partial charge is 0.250 e. The number of rotatable bonds is 3. The first-order chi connectivity index (χ1) is 10.0. The monoisotopic (exact) mass is 285 g/mol. The average molecular weight is 285 g/mol. The molecule has 0 saturated heterocycles. The van der Waals surface area contributed by atoms with Crippen LogP contribution < -0.4 is 16.8 Å². The second-order valence-electron chi connectivity index (χ2n) is 5.25. The van der Waals surface area contributed by atoms with Gasteiger partial charge in [-0.05, 0) is 54.7 Å². The lowest BCUT2D eigenvalue weighted by atomic mass is 10.1. The third-order valence-corrected chi connectivity index (χ3v) is 3.78. The number of hydrogen-bond acceptors (Lipinski definition) is 3. The molecule has 5 heteroatoms. The van der Waals surface area contributed by atoms with E-state index in [1.165, 1.54) is 17.2 Å². The van der Waals surface area contributed by atoms with Crippen molar-refractivity contribution in [3.8, 4) is 0 Å². The first-order valence-electron chi connectivity index (χ1n) is 6.82. The van der Waals surface area contributed by atoms with E-state index < -0.39 is 11.7 Å². The molecule has 1 amide bonds. The van der Waals surface area contributed by atoms with Gasteiger partial charge in [-0.25, -0.2) is 4.39 Å². The van der Waals surface area contributed by atoms with Crippen LogP contribution in [0.5, 0.6) is 0 Å². The van der Waals surface area contributed by atoms with Crippen LogP contribution >= 0.6 is 0 Å². The SMILES string of the molecule is NC(=O)c1cc(Nc2ccc3c(c2)CCC3)c(F)cc1N. The minimum atomic E-state index is -0.676. The average Bonchev–Trinajstić information content (AvgIpc) is 2.88. The van der Waals surface area contributed by atoms with Crippen LogP contribution in [0.1, 0.15) is 27.9 Å². The molecule has 3 rings (SSSR count). The zero-order chi connectivity index (χ0) is 15.0. The zero-order valence-electron chi connectivity index (χ0n) is 11.4. The van der Waals surface area contributed by atoms with Gasteiger partial charge in [-0.3, -0.25) is 4.79 Å². The van der Waals surface area contributed by atoms with Gasteiger partial charge < -0.3 is 16.8 Å². The van der Waals surface area contributed by atoms with Gasteiger partial charge in [-0.1, -0.05) is 6.07 Å². The van der Waals surface area contributed by atoms with Crippen molar-refractivity contribution in [3.05, 3.63) is 52.8 Å². The Morgan fingerprint density at radius 3 is 2.67 bits per heavy atom. The number of primary amides is 1. The number of carbonyl (C=O) groups is 1. The van der Waals surface area contributed by atoms with E-state index in [0.717, 1.165) is 31.0 Å². The second kappa shape index (κ2) is 5.09. The van der Waals surface area contributed by atoms with Crippen LogP contribution in [0.2, 0.25) is 0 Å². The Morgan fingerprint density at radius 2 is 1.90 bits per heavy atom. The van der Waals surface area contributed by atoms with E-state index in [1.54, 1.807) is 0 Å². The van der Waals surface area contributed by atoms with E-state index in [1.807, 2.05) is 12.1 Å². The maximum atomic E-state index is 14.0. The van der Waals surface area contributed by atoms with Crippen molar-refractivity contribution in [2.45, 2.75) is 19.3 Å². The molecular formula is C16H16FN3O. The van der Waals surface area contributed by atoms with Gasteiger partial charge >= 0.3 is 0 Å². The standard InChI is InChI=1S/C16H16FN3O/c17-13-8-14(18)12(16(19)21)7-15(13)20-11-5-4-9-2-1-3-10(9)6-11/h4-8,20H,1-3,18H2,(H2,19,21). The Morgan fingerprint density at radius 1 is 1.14 bits per heavy atom. The summed E-state index contributed by atoms with van der Waals surface area (Å²) in [5.41, 5.74) is 14.6. The first-order valence-corrected chi connectivity index (χ1v) is 6.82. The number of fused-ring (bicyclic) bond motifs is 1. The number of anilines is 3. The minimum Gasteiger partial charge on any atom is -0.398 e. The molecule has 0 fully saturated rings. The highest BCUT2D eigenvalue weighted by Gasteiger charge is 2.14. The second-order valence-corrected chi connectivity index (χ2v) is 5.25. The van der Waals surface area contributed by atoms with Crippen molar-refractivity contribution in [2.75, 3.05) is 11.1 Å². The number of aryl methyl sites for hydroxylation is 2. The van der Waals surface area contributed by atoms with E-state index >= 15 is 0 Å². The quantitative estimate of drug-likeness (QED) is 0.758. The largest absolute Gasteiger partial charge is 0.398 e. The molecule has 108 valence electrons. The van der Waals surface area contributed by atoms with Crippen LogP contribution in [0.4, 0.5) is 21.5 Å². The van der Waals surface area contributed by atoms with Crippen molar-refractivity contribution in [1.82, 2.24) is 0 Å². The predicted molar refractivity (Wildman–Crippen MR) is 81.1 cm³/mol. The molecule has 0 radical (unpaired) electrons. The lowest BCUT2D eigenvalue weighted by molar-refractivity contribution is 0.100. The van der Waals surface area contributed by atoms with E-state index in [0.29, 0.717) is 0 Å². The van der Waals surface area contributed by atoms with E-state index in [-0.39, 0.29) is 16.9 Å². The third kappa shape index (κ3) is 2.54. The number of amides is 1. The van der Waals surface area contributed by atoms with Gasteiger partial charge in [0.1, 0.15) is 5.82 Å². The Kier molecular flexibility index (Phi) is 3.25. The summed E-state index contributed by atoms with van der Waals surface area (Å²) < 4.78 is 14.0. The van der Waals surface area contributed by atoms with Crippen molar-refractivity contribution in [2.24, 2.45) is 5.73 Å². The number of benzene rings is 2. The molecule has 4 nitrogen and oxygen atoms in total. The molecule has 1 aliphatic rings. The third-order valence-electron chi connectivity index (χ3n) is 3.78. The zero-order valence-corrected chi connectivity index (χ0v) is 11.4. The van der Waals surface area contributed by atoms with Gasteiger partial charge in [0.2, 0.25) is 0 Å². The highest BCUT2D eigenvalue weighted by atomic mass is 19.1. The van der Waals surface area contributed by atoms with Crippen LogP contribution in [0.25, 0.3) is 0 Å². The summed E-state index contributed by atoms with van der Waals surface area (Å²) in [6.45, 7) is 0.